The van der Waals surface area contributed by atoms with E-state index in [2.05, 4.69) is 17.4 Å². The molecule has 0 aromatic heterocycles. The van der Waals surface area contributed by atoms with Crippen molar-refractivity contribution < 1.29 is 24.2 Å². The zero-order chi connectivity index (χ0) is 23.3. The Morgan fingerprint density at radius 3 is 2.06 bits per heavy atom. The third kappa shape index (κ3) is 4.93. The van der Waals surface area contributed by atoms with Gasteiger partial charge in [0, 0.05) is 12.0 Å². The monoisotopic (exact) mass is 438 g/mol. The Hall–Kier alpha value is -3.35. The zero-order valence-electron chi connectivity index (χ0n) is 18.7. The molecule has 0 aliphatic heterocycles. The van der Waals surface area contributed by atoms with Crippen LogP contribution in [0.15, 0.2) is 48.5 Å². The summed E-state index contributed by atoms with van der Waals surface area (Å²) in [6.07, 6.45) is 0.252. The Bertz CT molecular complexity index is 944. The number of ether oxygens (including phenoxy) is 1. The number of carboxylic acid groups (broad SMARTS) is 1. The molecule has 32 heavy (non-hydrogen) atoms. The van der Waals surface area contributed by atoms with Gasteiger partial charge in [0.05, 0.1) is 0 Å². The van der Waals surface area contributed by atoms with Crippen molar-refractivity contribution in [1.29, 1.82) is 0 Å². The van der Waals surface area contributed by atoms with Gasteiger partial charge in [-0.05, 0) is 42.0 Å². The highest BCUT2D eigenvalue weighted by atomic mass is 16.5. The molecule has 2 aromatic carbocycles. The second-order valence-electron chi connectivity index (χ2n) is 8.05. The van der Waals surface area contributed by atoms with Crippen LogP contribution in [0, 0.1) is 0 Å². The van der Waals surface area contributed by atoms with Gasteiger partial charge in [0.25, 0.3) is 0 Å². The molecule has 0 spiro atoms. The summed E-state index contributed by atoms with van der Waals surface area (Å²) < 4.78 is 5.53. The summed E-state index contributed by atoms with van der Waals surface area (Å²) in [5, 5.41) is 11.8. The van der Waals surface area contributed by atoms with Crippen LogP contribution in [-0.4, -0.2) is 53.2 Å². The lowest BCUT2D eigenvalue weighted by molar-refractivity contribution is -0.147. The molecule has 0 fully saturated rings. The summed E-state index contributed by atoms with van der Waals surface area (Å²) in [5.41, 5.74) is 4.48. The van der Waals surface area contributed by atoms with Crippen LogP contribution in [0.5, 0.6) is 0 Å². The molecule has 0 heterocycles. The Balaban J connectivity index is 1.67. The van der Waals surface area contributed by atoms with Gasteiger partial charge in [-0.25, -0.2) is 4.79 Å². The van der Waals surface area contributed by atoms with Crippen molar-refractivity contribution in [3.63, 3.8) is 0 Å². The number of carbonyl (C=O) groups excluding carboxylic acids is 2. The number of alkyl carbamates (subject to hydrolysis) is 1. The minimum atomic E-state index is -1.09. The van der Waals surface area contributed by atoms with E-state index in [-0.39, 0.29) is 18.6 Å². The van der Waals surface area contributed by atoms with Gasteiger partial charge in [-0.3, -0.25) is 9.59 Å². The number of carbonyl (C=O) groups is 3. The van der Waals surface area contributed by atoms with Crippen LogP contribution in [0.3, 0.4) is 0 Å². The smallest absolute Gasteiger partial charge is 0.407 e. The molecule has 2 atom stereocenters. The lowest BCUT2D eigenvalue weighted by Crippen LogP contribution is -2.52. The van der Waals surface area contributed by atoms with Crippen LogP contribution in [0.25, 0.3) is 11.1 Å². The molecule has 1 aliphatic carbocycles. The molecule has 0 saturated carbocycles. The first-order chi connectivity index (χ1) is 15.4. The number of aliphatic carboxylic acids is 1. The number of fused-ring (bicyclic) bond motifs is 3. The topological polar surface area (TPSA) is 95.9 Å². The maximum absolute atomic E-state index is 12.9. The van der Waals surface area contributed by atoms with Crippen LogP contribution >= 0.6 is 0 Å². The quantitative estimate of drug-likeness (QED) is 0.617. The van der Waals surface area contributed by atoms with Crippen molar-refractivity contribution in [1.82, 2.24) is 10.2 Å². The van der Waals surface area contributed by atoms with E-state index in [1.165, 1.54) is 4.90 Å². The molecule has 1 unspecified atom stereocenters. The molecule has 7 nitrogen and oxygen atoms in total. The standard InChI is InChI=1S/C25H30N2O5/c1-4-16(3)27(14-23(28)29)24(30)22(5-2)26-25(31)32-15-21-19-12-8-6-10-17(19)18-11-7-9-13-20(18)21/h6-13,16,21-22H,4-5,14-15H2,1-3H3,(H,26,31)(H,28,29)/t16?,22-/m1/s1. The second-order valence-corrected chi connectivity index (χ2v) is 8.05. The molecule has 1 aliphatic rings. The Morgan fingerprint density at radius 2 is 1.56 bits per heavy atom. The van der Waals surface area contributed by atoms with Crippen LogP contribution in [0.2, 0.25) is 0 Å². The fourth-order valence-electron chi connectivity index (χ4n) is 4.14. The van der Waals surface area contributed by atoms with Crippen molar-refractivity contribution in [2.45, 2.75) is 51.6 Å². The Labute approximate surface area is 188 Å². The van der Waals surface area contributed by atoms with E-state index in [4.69, 9.17) is 4.74 Å². The van der Waals surface area contributed by atoms with Gasteiger partial charge >= 0.3 is 12.1 Å². The lowest BCUT2D eigenvalue weighted by atomic mass is 9.98. The van der Waals surface area contributed by atoms with Crippen molar-refractivity contribution in [3.8, 4) is 11.1 Å². The van der Waals surface area contributed by atoms with Crippen molar-refractivity contribution in [2.75, 3.05) is 13.2 Å². The molecule has 7 heteroatoms. The molecular weight excluding hydrogens is 408 g/mol. The van der Waals surface area contributed by atoms with Crippen molar-refractivity contribution >= 4 is 18.0 Å². The number of benzene rings is 2. The summed E-state index contributed by atoms with van der Waals surface area (Å²) in [7, 11) is 0. The molecule has 3 rings (SSSR count). The van der Waals surface area contributed by atoms with Gasteiger partial charge in [0.1, 0.15) is 19.2 Å². The second kappa shape index (κ2) is 10.3. The van der Waals surface area contributed by atoms with E-state index in [9.17, 15) is 19.5 Å². The highest BCUT2D eigenvalue weighted by Crippen LogP contribution is 2.44. The third-order valence-corrected chi connectivity index (χ3v) is 6.05. The molecular formula is C25H30N2O5. The van der Waals surface area contributed by atoms with Gasteiger partial charge in [-0.1, -0.05) is 62.4 Å². The van der Waals surface area contributed by atoms with E-state index in [1.54, 1.807) is 13.8 Å². The van der Waals surface area contributed by atoms with Gasteiger partial charge in [-0.15, -0.1) is 0 Å². The van der Waals surface area contributed by atoms with E-state index in [0.29, 0.717) is 12.8 Å². The molecule has 2 aromatic rings. The number of carboxylic acids is 1. The molecule has 0 radical (unpaired) electrons. The summed E-state index contributed by atoms with van der Waals surface area (Å²) in [6.45, 7) is 5.18. The predicted octanol–water partition coefficient (Wildman–Crippen LogP) is 4.02. The van der Waals surface area contributed by atoms with Gasteiger partial charge in [0.2, 0.25) is 5.91 Å². The molecule has 170 valence electrons. The zero-order valence-corrected chi connectivity index (χ0v) is 18.7. The van der Waals surface area contributed by atoms with E-state index >= 15 is 0 Å². The largest absolute Gasteiger partial charge is 0.480 e. The van der Waals surface area contributed by atoms with Gasteiger partial charge < -0.3 is 20.1 Å². The number of hydrogen-bond donors (Lipinski definition) is 2. The summed E-state index contributed by atoms with van der Waals surface area (Å²) in [4.78, 5) is 38.0. The maximum Gasteiger partial charge on any atom is 0.407 e. The summed E-state index contributed by atoms with van der Waals surface area (Å²) in [6, 6.07) is 15.0. The van der Waals surface area contributed by atoms with E-state index in [1.807, 2.05) is 43.3 Å². The average molecular weight is 439 g/mol. The minimum Gasteiger partial charge on any atom is -0.480 e. The first kappa shape index (κ1) is 23.3. The molecule has 2 amide bonds. The third-order valence-electron chi connectivity index (χ3n) is 6.05. The number of rotatable bonds is 9. The first-order valence-corrected chi connectivity index (χ1v) is 11.0. The van der Waals surface area contributed by atoms with E-state index < -0.39 is 30.6 Å². The van der Waals surface area contributed by atoms with Crippen LogP contribution in [-0.2, 0) is 14.3 Å². The summed E-state index contributed by atoms with van der Waals surface area (Å²) in [5.74, 6) is -1.58. The molecule has 2 N–H and O–H groups in total. The highest BCUT2D eigenvalue weighted by molar-refractivity contribution is 5.88. The number of amides is 2. The average Bonchev–Trinajstić information content (AvgIpc) is 3.12. The number of nitrogens with zero attached hydrogens (tertiary/aromatic N) is 1. The fraction of sp³-hybridized carbons (Fsp3) is 0.400. The predicted molar refractivity (Wildman–Crippen MR) is 121 cm³/mol. The Morgan fingerprint density at radius 1 is 1.00 bits per heavy atom. The van der Waals surface area contributed by atoms with E-state index in [0.717, 1.165) is 22.3 Å². The van der Waals surface area contributed by atoms with Crippen LogP contribution < -0.4 is 5.32 Å². The molecule has 0 saturated heterocycles. The lowest BCUT2D eigenvalue weighted by Gasteiger charge is -2.30. The first-order valence-electron chi connectivity index (χ1n) is 11.0. The Kier molecular flexibility index (Phi) is 7.51. The maximum atomic E-state index is 12.9. The normalized spacial score (nSPS) is 14.1. The SMILES string of the molecule is CCC(C)N(CC(=O)O)C(=O)[C@@H](CC)NC(=O)OCC1c2ccccc2-c2ccccc21. The molecule has 0 bridgehead atoms. The van der Waals surface area contributed by atoms with Gasteiger partial charge in [-0.2, -0.15) is 0 Å². The van der Waals surface area contributed by atoms with Crippen molar-refractivity contribution in [2.24, 2.45) is 0 Å². The minimum absolute atomic E-state index is 0.0763. The van der Waals surface area contributed by atoms with Crippen LogP contribution in [0.1, 0.15) is 50.7 Å². The highest BCUT2D eigenvalue weighted by Gasteiger charge is 2.31. The summed E-state index contributed by atoms with van der Waals surface area (Å²) >= 11 is 0. The number of hydrogen-bond acceptors (Lipinski definition) is 4. The van der Waals surface area contributed by atoms with Crippen LogP contribution in [0.4, 0.5) is 4.79 Å². The fourth-order valence-corrected chi connectivity index (χ4v) is 4.14. The van der Waals surface area contributed by atoms with Crippen molar-refractivity contribution in [3.05, 3.63) is 59.7 Å². The number of nitrogens with one attached hydrogen (secondary N) is 1. The van der Waals surface area contributed by atoms with Gasteiger partial charge in [0.15, 0.2) is 0 Å².